The van der Waals surface area contributed by atoms with Gasteiger partial charge >= 0.3 is 0 Å². The van der Waals surface area contributed by atoms with Crippen molar-refractivity contribution in [3.63, 3.8) is 0 Å². The Morgan fingerprint density at radius 3 is 2.03 bits per heavy atom. The van der Waals surface area contributed by atoms with E-state index in [1.165, 1.54) is 6.92 Å². The van der Waals surface area contributed by atoms with Crippen LogP contribution in [0.15, 0.2) is 0 Å². The molecule has 0 aromatic rings. The quantitative estimate of drug-likeness (QED) is 0.165. The number of nitrogens with two attached hydrogens (primary N) is 1. The van der Waals surface area contributed by atoms with Crippen molar-refractivity contribution in [2.24, 2.45) is 0 Å². The summed E-state index contributed by atoms with van der Waals surface area (Å²) >= 11 is 0. The summed E-state index contributed by atoms with van der Waals surface area (Å²) in [4.78, 5) is 0. The van der Waals surface area contributed by atoms with Gasteiger partial charge in [-0.15, -0.1) is 0 Å². The second kappa shape index (κ2) is 10.8. The first-order valence-electron chi connectivity index (χ1n) is 11.8. The number of ether oxygens (including phenoxy) is 4. The predicted octanol–water partition coefficient (Wildman–Crippen LogP) is -8.79. The first-order valence-corrected chi connectivity index (χ1v) is 11.8. The molecule has 0 aromatic heterocycles. The molecule has 3 fully saturated rings. The molecule has 0 bridgehead atoms. The van der Waals surface area contributed by atoms with E-state index < -0.39 is 91.2 Å². The van der Waals surface area contributed by atoms with Crippen LogP contribution in [0.5, 0.6) is 0 Å². The van der Waals surface area contributed by atoms with Crippen LogP contribution in [-0.2, 0) is 18.9 Å². The topological polar surface area (TPSA) is 258 Å². The molecule has 0 aromatic carbocycles. The van der Waals surface area contributed by atoms with Crippen LogP contribution in [-0.4, -0.2) is 135 Å². The lowest BCUT2D eigenvalue weighted by Crippen LogP contribution is -2.96. The lowest BCUT2D eigenvalue weighted by Gasteiger charge is -2.46. The molecule has 15 atom stereocenters. The number of likely N-dealkylation sites (N-methyl/N-ethyl adjacent to an activating group) is 1. The molecule has 14 heteroatoms. The van der Waals surface area contributed by atoms with E-state index in [2.05, 4.69) is 17.2 Å². The maximum absolute atomic E-state index is 11.2. The summed E-state index contributed by atoms with van der Waals surface area (Å²) in [7, 11) is 1.73. The molecule has 2 aliphatic heterocycles. The van der Waals surface area contributed by atoms with Crippen molar-refractivity contribution in [2.45, 2.75) is 111 Å². The summed E-state index contributed by atoms with van der Waals surface area (Å²) in [6, 6.07) is -2.32. The summed E-state index contributed by atoms with van der Waals surface area (Å²) in [6.45, 7) is 2.93. The molecule has 1 unspecified atom stereocenters. The number of aliphatic hydroxyl groups is 6. The lowest BCUT2D eigenvalue weighted by molar-refractivity contribution is -0.695. The highest BCUT2D eigenvalue weighted by molar-refractivity contribution is 4.98. The molecule has 34 heavy (non-hydrogen) atoms. The summed E-state index contributed by atoms with van der Waals surface area (Å²) in [5.41, 5.74) is 10.7. The summed E-state index contributed by atoms with van der Waals surface area (Å²) in [5, 5.41) is 64.5. The van der Waals surface area contributed by atoms with Crippen LogP contribution >= 0.6 is 0 Å². The zero-order valence-corrected chi connectivity index (χ0v) is 20.0. The minimum absolute atomic E-state index is 0.0632. The molecule has 0 radical (unpaired) electrons. The average molecular weight is 501 g/mol. The van der Waals surface area contributed by atoms with E-state index in [-0.39, 0.29) is 6.61 Å². The molecule has 17 N–H and O–H groups in total. The van der Waals surface area contributed by atoms with Gasteiger partial charge in [-0.05, 0) is 13.8 Å². The monoisotopic (exact) mass is 500 g/mol. The van der Waals surface area contributed by atoms with Crippen molar-refractivity contribution in [1.29, 1.82) is 0 Å². The molecule has 0 spiro atoms. The third-order valence-corrected chi connectivity index (χ3v) is 7.30. The zero-order chi connectivity index (χ0) is 25.5. The van der Waals surface area contributed by atoms with Gasteiger partial charge in [-0.2, -0.15) is 0 Å². The summed E-state index contributed by atoms with van der Waals surface area (Å²) in [5.74, 6) is 0. The van der Waals surface area contributed by atoms with Gasteiger partial charge < -0.3 is 72.1 Å². The highest BCUT2D eigenvalue weighted by Crippen LogP contribution is 2.30. The molecule has 3 rings (SSSR count). The van der Waals surface area contributed by atoms with E-state index in [9.17, 15) is 30.6 Å². The van der Waals surface area contributed by atoms with Crippen LogP contribution in [0.2, 0.25) is 0 Å². The lowest BCUT2D eigenvalue weighted by atomic mass is 9.84. The normalized spacial score (nSPS) is 53.5. The standard InChI is InChI=1S/C20H40N4O10/c1-6(25)14-11(27)10(26)9(23)18(32-14)33-15-7(21)4-8(22)16(12(15)28)34-19-13(29)17(24-3)20(2,30)5-31-19/h6-19,24-30H,4-5,21-23H2,1-3H3/p+4/t6?,7-,8+,9+,10+,11-,12-,13+,14+,15+,16-,17+,18+,19+,20-/m0/s1. The second-order valence-corrected chi connectivity index (χ2v) is 10.2. The van der Waals surface area contributed by atoms with Gasteiger partial charge in [0.1, 0.15) is 60.4 Å². The van der Waals surface area contributed by atoms with Crippen molar-refractivity contribution >= 4 is 0 Å². The first-order chi connectivity index (χ1) is 15.8. The van der Waals surface area contributed by atoms with Crippen LogP contribution in [0.1, 0.15) is 20.3 Å². The highest BCUT2D eigenvalue weighted by Gasteiger charge is 2.55. The smallest absolute Gasteiger partial charge is 0.214 e. The van der Waals surface area contributed by atoms with Gasteiger partial charge in [0, 0.05) is 0 Å². The molecule has 14 nitrogen and oxygen atoms in total. The molecule has 200 valence electrons. The molecule has 0 amide bonds. The van der Waals surface area contributed by atoms with Crippen molar-refractivity contribution in [1.82, 2.24) is 0 Å². The Morgan fingerprint density at radius 2 is 1.50 bits per heavy atom. The fourth-order valence-electron chi connectivity index (χ4n) is 5.23. The molecule has 2 heterocycles. The minimum Gasteiger partial charge on any atom is -0.391 e. The molecule has 1 saturated carbocycles. The fraction of sp³-hybridized carbons (Fsp3) is 1.00. The Morgan fingerprint density at radius 1 is 0.941 bits per heavy atom. The zero-order valence-electron chi connectivity index (χ0n) is 20.0. The summed E-state index contributed by atoms with van der Waals surface area (Å²) < 4.78 is 23.2. The van der Waals surface area contributed by atoms with E-state index in [1.807, 2.05) is 0 Å². The number of hydrogen-bond donors (Lipinski definition) is 10. The SMILES string of the molecule is C[NH2+][C@@H]1[C@@H](O)[C@@H](O[C@@H]2[C@@H](O)[C@H](O[C@H]3O[C@H](C(C)O)[C@@H](O)[C@H](O)[C@H]3[NH3+])[C@@H]([NH3+])C[C@H]2[NH3+])OC[C@]1(C)O. The van der Waals surface area contributed by atoms with E-state index in [4.69, 9.17) is 18.9 Å². The Labute approximate surface area is 197 Å². The number of rotatable bonds is 6. The number of quaternary nitrogens is 4. The van der Waals surface area contributed by atoms with E-state index in [0.29, 0.717) is 6.42 Å². The maximum atomic E-state index is 11.2. The van der Waals surface area contributed by atoms with Crippen molar-refractivity contribution in [3.05, 3.63) is 0 Å². The van der Waals surface area contributed by atoms with Crippen LogP contribution in [0, 0.1) is 0 Å². The Kier molecular flexibility index (Phi) is 8.92. The van der Waals surface area contributed by atoms with Gasteiger partial charge in [-0.3, -0.25) is 0 Å². The van der Waals surface area contributed by atoms with Crippen LogP contribution in [0.4, 0.5) is 0 Å². The van der Waals surface area contributed by atoms with Crippen molar-refractivity contribution in [3.8, 4) is 0 Å². The van der Waals surface area contributed by atoms with Gasteiger partial charge in [0.2, 0.25) is 6.29 Å². The van der Waals surface area contributed by atoms with Gasteiger partial charge in [-0.25, -0.2) is 0 Å². The van der Waals surface area contributed by atoms with E-state index in [1.54, 1.807) is 19.3 Å². The van der Waals surface area contributed by atoms with Gasteiger partial charge in [0.25, 0.3) is 0 Å². The molecule has 2 saturated heterocycles. The van der Waals surface area contributed by atoms with Gasteiger partial charge in [-0.1, -0.05) is 0 Å². The van der Waals surface area contributed by atoms with Crippen molar-refractivity contribution < 1.29 is 72.1 Å². The molecule has 3 aliphatic rings. The van der Waals surface area contributed by atoms with Crippen LogP contribution in [0.3, 0.4) is 0 Å². The van der Waals surface area contributed by atoms with E-state index >= 15 is 0 Å². The number of hydrogen-bond acceptors (Lipinski definition) is 10. The number of aliphatic hydroxyl groups excluding tert-OH is 5. The Balaban J connectivity index is 1.73. The minimum atomic E-state index is -1.35. The summed E-state index contributed by atoms with van der Waals surface area (Å²) in [6.07, 6.45) is -10.9. The Hall–Kier alpha value is -0.560. The molecule has 1 aliphatic carbocycles. The molecular formula is C20H44N4O10+4. The van der Waals surface area contributed by atoms with E-state index in [0.717, 1.165) is 0 Å². The van der Waals surface area contributed by atoms with Crippen LogP contribution < -0.4 is 22.5 Å². The average Bonchev–Trinajstić information content (AvgIpc) is 2.75. The predicted molar refractivity (Wildman–Crippen MR) is 111 cm³/mol. The first kappa shape index (κ1) is 28.0. The highest BCUT2D eigenvalue weighted by atomic mass is 16.7. The Bertz CT molecular complexity index is 675. The van der Waals surface area contributed by atoms with Gasteiger partial charge in [0.15, 0.2) is 18.4 Å². The third kappa shape index (κ3) is 5.40. The van der Waals surface area contributed by atoms with Crippen LogP contribution in [0.25, 0.3) is 0 Å². The fourth-order valence-corrected chi connectivity index (χ4v) is 5.23. The van der Waals surface area contributed by atoms with Crippen molar-refractivity contribution in [2.75, 3.05) is 13.7 Å². The molecular weight excluding hydrogens is 456 g/mol. The second-order valence-electron chi connectivity index (χ2n) is 10.2. The largest absolute Gasteiger partial charge is 0.391 e. The third-order valence-electron chi connectivity index (χ3n) is 7.30. The maximum Gasteiger partial charge on any atom is 0.214 e. The van der Waals surface area contributed by atoms with Gasteiger partial charge in [0.05, 0.1) is 26.2 Å².